The molecule has 0 bridgehead atoms. The SMILES string of the molecule is CCOC(C)(C)CNCc1ccccc1. The normalized spacial score (nSPS) is 11.7. The fourth-order valence-electron chi connectivity index (χ4n) is 1.55. The zero-order valence-corrected chi connectivity index (χ0v) is 9.92. The molecule has 0 amide bonds. The quantitative estimate of drug-likeness (QED) is 0.774. The molecule has 84 valence electrons. The second-order valence-corrected chi connectivity index (χ2v) is 4.28. The fourth-order valence-corrected chi connectivity index (χ4v) is 1.55. The molecule has 0 heterocycles. The van der Waals surface area contributed by atoms with Gasteiger partial charge in [0.25, 0.3) is 0 Å². The Hall–Kier alpha value is -0.860. The molecular weight excluding hydrogens is 186 g/mol. The van der Waals surface area contributed by atoms with Crippen LogP contribution < -0.4 is 5.32 Å². The molecule has 0 saturated heterocycles. The van der Waals surface area contributed by atoms with Gasteiger partial charge in [-0.15, -0.1) is 0 Å². The van der Waals surface area contributed by atoms with Gasteiger partial charge in [0, 0.05) is 19.7 Å². The molecule has 0 aromatic heterocycles. The summed E-state index contributed by atoms with van der Waals surface area (Å²) in [5.74, 6) is 0. The summed E-state index contributed by atoms with van der Waals surface area (Å²) < 4.78 is 5.60. The van der Waals surface area contributed by atoms with Gasteiger partial charge in [-0.1, -0.05) is 30.3 Å². The second kappa shape index (κ2) is 5.89. The number of benzene rings is 1. The minimum Gasteiger partial charge on any atom is -0.375 e. The lowest BCUT2D eigenvalue weighted by Gasteiger charge is -2.25. The third-order valence-electron chi connectivity index (χ3n) is 2.26. The van der Waals surface area contributed by atoms with Crippen LogP contribution in [0.25, 0.3) is 0 Å². The monoisotopic (exact) mass is 207 g/mol. The Kier molecular flexibility index (Phi) is 4.79. The molecule has 0 atom stereocenters. The van der Waals surface area contributed by atoms with Gasteiger partial charge in [-0.3, -0.25) is 0 Å². The van der Waals surface area contributed by atoms with E-state index in [1.54, 1.807) is 0 Å². The van der Waals surface area contributed by atoms with Crippen LogP contribution in [0.1, 0.15) is 26.3 Å². The van der Waals surface area contributed by atoms with Crippen LogP contribution in [0.3, 0.4) is 0 Å². The summed E-state index contributed by atoms with van der Waals surface area (Å²) in [7, 11) is 0. The van der Waals surface area contributed by atoms with Gasteiger partial charge in [0.05, 0.1) is 5.60 Å². The highest BCUT2D eigenvalue weighted by atomic mass is 16.5. The summed E-state index contributed by atoms with van der Waals surface area (Å²) in [6, 6.07) is 10.4. The highest BCUT2D eigenvalue weighted by Gasteiger charge is 2.16. The first kappa shape index (κ1) is 12.2. The number of ether oxygens (including phenoxy) is 1. The molecule has 2 nitrogen and oxygen atoms in total. The summed E-state index contributed by atoms with van der Waals surface area (Å²) in [6.45, 7) is 8.77. The second-order valence-electron chi connectivity index (χ2n) is 4.28. The Morgan fingerprint density at radius 2 is 1.87 bits per heavy atom. The van der Waals surface area contributed by atoms with Gasteiger partial charge in [0.15, 0.2) is 0 Å². The predicted molar refractivity (Wildman–Crippen MR) is 63.9 cm³/mol. The van der Waals surface area contributed by atoms with E-state index in [0.717, 1.165) is 19.7 Å². The third kappa shape index (κ3) is 4.96. The molecule has 2 heteroatoms. The van der Waals surface area contributed by atoms with Gasteiger partial charge in [-0.25, -0.2) is 0 Å². The molecule has 1 aromatic rings. The molecule has 0 saturated carbocycles. The van der Waals surface area contributed by atoms with Crippen LogP contribution in [0, 0.1) is 0 Å². The standard InChI is InChI=1S/C13H21NO/c1-4-15-13(2,3)11-14-10-12-8-6-5-7-9-12/h5-9,14H,4,10-11H2,1-3H3. The van der Waals surface area contributed by atoms with Crippen LogP contribution in [-0.2, 0) is 11.3 Å². The van der Waals surface area contributed by atoms with Crippen molar-refractivity contribution in [3.63, 3.8) is 0 Å². The van der Waals surface area contributed by atoms with E-state index < -0.39 is 0 Å². The zero-order chi connectivity index (χ0) is 11.1. The van der Waals surface area contributed by atoms with Crippen molar-refractivity contribution in [1.29, 1.82) is 0 Å². The summed E-state index contributed by atoms with van der Waals surface area (Å²) in [5, 5.41) is 3.40. The minimum atomic E-state index is -0.0798. The first-order valence-electron chi connectivity index (χ1n) is 5.52. The lowest BCUT2D eigenvalue weighted by atomic mass is 10.1. The highest BCUT2D eigenvalue weighted by molar-refractivity contribution is 5.14. The molecule has 0 spiro atoms. The molecule has 1 N–H and O–H groups in total. The van der Waals surface area contributed by atoms with Crippen molar-refractivity contribution >= 4 is 0 Å². The smallest absolute Gasteiger partial charge is 0.0750 e. The molecule has 0 radical (unpaired) electrons. The van der Waals surface area contributed by atoms with Crippen molar-refractivity contribution in [3.05, 3.63) is 35.9 Å². The topological polar surface area (TPSA) is 21.3 Å². The Morgan fingerprint density at radius 1 is 1.20 bits per heavy atom. The maximum Gasteiger partial charge on any atom is 0.0750 e. The van der Waals surface area contributed by atoms with Crippen molar-refractivity contribution in [2.75, 3.05) is 13.2 Å². The Bertz CT molecular complexity index is 269. The molecular formula is C13H21NO. The van der Waals surface area contributed by atoms with E-state index in [0.29, 0.717) is 0 Å². The van der Waals surface area contributed by atoms with Gasteiger partial charge in [0.2, 0.25) is 0 Å². The van der Waals surface area contributed by atoms with Gasteiger partial charge >= 0.3 is 0 Å². The van der Waals surface area contributed by atoms with E-state index in [-0.39, 0.29) is 5.60 Å². The molecule has 0 aliphatic rings. The van der Waals surface area contributed by atoms with E-state index in [1.807, 2.05) is 13.0 Å². The van der Waals surface area contributed by atoms with Crippen LogP contribution in [0.5, 0.6) is 0 Å². The molecule has 0 aliphatic carbocycles. The first-order valence-corrected chi connectivity index (χ1v) is 5.52. The largest absolute Gasteiger partial charge is 0.375 e. The summed E-state index contributed by atoms with van der Waals surface area (Å²) in [4.78, 5) is 0. The van der Waals surface area contributed by atoms with E-state index in [4.69, 9.17) is 4.74 Å². The highest BCUT2D eigenvalue weighted by Crippen LogP contribution is 2.07. The van der Waals surface area contributed by atoms with E-state index in [2.05, 4.69) is 43.4 Å². The predicted octanol–water partition coefficient (Wildman–Crippen LogP) is 2.59. The lowest BCUT2D eigenvalue weighted by molar-refractivity contribution is -0.00897. The molecule has 0 aliphatic heterocycles. The maximum absolute atomic E-state index is 5.60. The van der Waals surface area contributed by atoms with Gasteiger partial charge in [-0.05, 0) is 26.3 Å². The summed E-state index contributed by atoms with van der Waals surface area (Å²) in [5.41, 5.74) is 1.23. The van der Waals surface area contributed by atoms with E-state index in [9.17, 15) is 0 Å². The van der Waals surface area contributed by atoms with Crippen LogP contribution >= 0.6 is 0 Å². The van der Waals surface area contributed by atoms with Gasteiger partial charge < -0.3 is 10.1 Å². The maximum atomic E-state index is 5.60. The molecule has 15 heavy (non-hydrogen) atoms. The van der Waals surface area contributed by atoms with Crippen molar-refractivity contribution in [1.82, 2.24) is 5.32 Å². The average Bonchev–Trinajstić information content (AvgIpc) is 2.19. The lowest BCUT2D eigenvalue weighted by Crippen LogP contribution is -2.37. The number of nitrogens with one attached hydrogen (secondary N) is 1. The third-order valence-corrected chi connectivity index (χ3v) is 2.26. The number of hydrogen-bond donors (Lipinski definition) is 1. The van der Waals surface area contributed by atoms with Crippen LogP contribution in [0.4, 0.5) is 0 Å². The summed E-state index contributed by atoms with van der Waals surface area (Å²) in [6.07, 6.45) is 0. The van der Waals surface area contributed by atoms with E-state index >= 15 is 0 Å². The Morgan fingerprint density at radius 3 is 2.47 bits per heavy atom. The van der Waals surface area contributed by atoms with E-state index in [1.165, 1.54) is 5.56 Å². The average molecular weight is 207 g/mol. The Balaban J connectivity index is 2.27. The van der Waals surface area contributed by atoms with Crippen molar-refractivity contribution in [2.45, 2.75) is 32.9 Å². The molecule has 1 rings (SSSR count). The molecule has 1 aromatic carbocycles. The van der Waals surface area contributed by atoms with Crippen LogP contribution in [0.2, 0.25) is 0 Å². The fraction of sp³-hybridized carbons (Fsp3) is 0.538. The van der Waals surface area contributed by atoms with Crippen molar-refractivity contribution in [3.8, 4) is 0 Å². The van der Waals surface area contributed by atoms with Crippen LogP contribution in [-0.4, -0.2) is 18.8 Å². The van der Waals surface area contributed by atoms with Crippen LogP contribution in [0.15, 0.2) is 30.3 Å². The van der Waals surface area contributed by atoms with Crippen molar-refractivity contribution < 1.29 is 4.74 Å². The van der Waals surface area contributed by atoms with Gasteiger partial charge in [0.1, 0.15) is 0 Å². The number of hydrogen-bond acceptors (Lipinski definition) is 2. The summed E-state index contributed by atoms with van der Waals surface area (Å²) >= 11 is 0. The first-order chi connectivity index (χ1) is 7.14. The van der Waals surface area contributed by atoms with Gasteiger partial charge in [-0.2, -0.15) is 0 Å². The minimum absolute atomic E-state index is 0.0798. The Labute approximate surface area is 92.6 Å². The molecule has 0 unspecified atom stereocenters. The van der Waals surface area contributed by atoms with Crippen molar-refractivity contribution in [2.24, 2.45) is 0 Å². The number of rotatable bonds is 6. The zero-order valence-electron chi connectivity index (χ0n) is 9.92. The molecule has 0 fully saturated rings.